The molecule has 0 saturated heterocycles. The summed E-state index contributed by atoms with van der Waals surface area (Å²) in [5.41, 5.74) is 5.15. The maximum atomic E-state index is 5.93. The lowest BCUT2D eigenvalue weighted by molar-refractivity contribution is 0.251. The molecule has 2 aromatic rings. The van der Waals surface area contributed by atoms with Gasteiger partial charge in [0, 0.05) is 49.6 Å². The maximum absolute atomic E-state index is 5.93. The summed E-state index contributed by atoms with van der Waals surface area (Å²) in [6.07, 6.45) is 17.6. The first-order valence-electron chi connectivity index (χ1n) is 12.5. The van der Waals surface area contributed by atoms with E-state index in [1.807, 2.05) is 31.7 Å². The number of halogens is 1. The molecular weight excluding hydrogens is 452 g/mol. The van der Waals surface area contributed by atoms with Crippen molar-refractivity contribution in [3.8, 4) is 0 Å². The Labute approximate surface area is 217 Å². The van der Waals surface area contributed by atoms with Crippen molar-refractivity contribution in [1.82, 2.24) is 19.8 Å². The molecule has 1 N–H and O–H groups in total. The van der Waals surface area contributed by atoms with E-state index in [4.69, 9.17) is 11.6 Å². The Balaban J connectivity index is 0.00000210. The highest BCUT2D eigenvalue weighted by Crippen LogP contribution is 2.21. The van der Waals surface area contributed by atoms with Crippen LogP contribution in [0.5, 0.6) is 0 Å². The van der Waals surface area contributed by atoms with Gasteiger partial charge in [-0.3, -0.25) is 4.90 Å². The first-order chi connectivity index (χ1) is 16.9. The first-order valence-corrected chi connectivity index (χ1v) is 13.0. The number of nitrogens with one attached hydrogen (secondary N) is 1. The number of alkyl halides is 1. The second kappa shape index (κ2) is 14.6. The summed E-state index contributed by atoms with van der Waals surface area (Å²) in [5, 5.41) is 3.53. The average molecular weight is 493 g/mol. The lowest BCUT2D eigenvalue weighted by Crippen LogP contribution is -2.34. The van der Waals surface area contributed by atoms with E-state index >= 15 is 0 Å². The molecule has 2 heterocycles. The van der Waals surface area contributed by atoms with Crippen LogP contribution in [0.2, 0.25) is 0 Å². The molecule has 2 atom stereocenters. The number of aryl methyl sites for hydroxylation is 2. The van der Waals surface area contributed by atoms with E-state index in [1.165, 1.54) is 5.56 Å². The number of nitrogens with zero attached hydrogens (tertiary/aromatic N) is 3. The van der Waals surface area contributed by atoms with E-state index < -0.39 is 0 Å². The molecule has 5 heteroatoms. The Morgan fingerprint density at radius 1 is 1.34 bits per heavy atom. The summed E-state index contributed by atoms with van der Waals surface area (Å²) in [6.45, 7) is 15.9. The second-order valence-corrected chi connectivity index (χ2v) is 8.93. The Morgan fingerprint density at radius 3 is 2.74 bits per heavy atom. The fraction of sp³-hybridized carbons (Fsp3) is 0.367. The van der Waals surface area contributed by atoms with Crippen LogP contribution in [0.1, 0.15) is 51.6 Å². The monoisotopic (exact) mass is 492 g/mol. The number of imidazole rings is 1. The predicted molar refractivity (Wildman–Crippen MR) is 153 cm³/mol. The summed E-state index contributed by atoms with van der Waals surface area (Å²) >= 11 is 5.93. The van der Waals surface area contributed by atoms with Crippen LogP contribution in [0.4, 0.5) is 0 Å². The maximum Gasteiger partial charge on any atom is 0.156 e. The van der Waals surface area contributed by atoms with Crippen LogP contribution in [0.3, 0.4) is 0 Å². The van der Waals surface area contributed by atoms with Crippen molar-refractivity contribution in [2.75, 3.05) is 12.4 Å². The van der Waals surface area contributed by atoms with Crippen molar-refractivity contribution >= 4 is 22.9 Å². The van der Waals surface area contributed by atoms with Crippen molar-refractivity contribution in [3.05, 3.63) is 102 Å². The highest BCUT2D eigenvalue weighted by atomic mass is 35.5. The Morgan fingerprint density at radius 2 is 2.11 bits per heavy atom. The normalized spacial score (nSPS) is 17.4. The molecule has 0 saturated carbocycles. The fourth-order valence-electron chi connectivity index (χ4n) is 3.99. The van der Waals surface area contributed by atoms with E-state index in [1.54, 1.807) is 6.20 Å². The molecule has 2 unspecified atom stereocenters. The molecule has 1 aromatic carbocycles. The Hall–Kier alpha value is -2.82. The molecule has 0 amide bonds. The van der Waals surface area contributed by atoms with E-state index in [2.05, 4.69) is 103 Å². The average Bonchev–Trinajstić information content (AvgIpc) is 3.48. The van der Waals surface area contributed by atoms with Gasteiger partial charge in [0.15, 0.2) is 5.82 Å². The number of hydrogen-bond acceptors (Lipinski definition) is 3. The van der Waals surface area contributed by atoms with Gasteiger partial charge in [0.05, 0.1) is 5.70 Å². The second-order valence-electron chi connectivity index (χ2n) is 8.55. The number of benzene rings is 1. The number of hydrogen-bond donors (Lipinski definition) is 1. The van der Waals surface area contributed by atoms with Gasteiger partial charge in [-0.2, -0.15) is 0 Å². The van der Waals surface area contributed by atoms with Crippen LogP contribution in [-0.2, 0) is 13.5 Å². The summed E-state index contributed by atoms with van der Waals surface area (Å²) in [6, 6.07) is 9.24. The van der Waals surface area contributed by atoms with Crippen LogP contribution in [0.15, 0.2) is 85.4 Å². The van der Waals surface area contributed by atoms with E-state index in [0.717, 1.165) is 41.3 Å². The van der Waals surface area contributed by atoms with E-state index in [9.17, 15) is 0 Å². The van der Waals surface area contributed by atoms with Crippen molar-refractivity contribution < 1.29 is 0 Å². The van der Waals surface area contributed by atoms with Crippen molar-refractivity contribution in [2.45, 2.75) is 53.1 Å². The van der Waals surface area contributed by atoms with Crippen molar-refractivity contribution in [3.63, 3.8) is 0 Å². The molecule has 1 aliphatic heterocycles. The zero-order valence-corrected chi connectivity index (χ0v) is 22.9. The highest BCUT2D eigenvalue weighted by molar-refractivity contribution is 6.18. The third kappa shape index (κ3) is 8.41. The minimum Gasteiger partial charge on any atom is -0.356 e. The topological polar surface area (TPSA) is 33.1 Å². The van der Waals surface area contributed by atoms with Gasteiger partial charge >= 0.3 is 0 Å². The van der Waals surface area contributed by atoms with Crippen molar-refractivity contribution in [1.29, 1.82) is 0 Å². The number of aromatic nitrogens is 2. The minimum atomic E-state index is 0.378. The molecule has 188 valence electrons. The molecular formula is C30H41ClN4. The number of rotatable bonds is 10. The van der Waals surface area contributed by atoms with Gasteiger partial charge in [0.2, 0.25) is 0 Å². The molecule has 1 aliphatic rings. The van der Waals surface area contributed by atoms with Gasteiger partial charge in [-0.1, -0.05) is 69.0 Å². The fourth-order valence-corrected chi connectivity index (χ4v) is 4.21. The van der Waals surface area contributed by atoms with Gasteiger partial charge in [-0.15, -0.1) is 11.6 Å². The lowest BCUT2D eigenvalue weighted by atomic mass is 10.0. The largest absolute Gasteiger partial charge is 0.356 e. The zero-order chi connectivity index (χ0) is 25.8. The van der Waals surface area contributed by atoms with Crippen molar-refractivity contribution in [2.24, 2.45) is 7.05 Å². The quantitative estimate of drug-likeness (QED) is 0.220. The van der Waals surface area contributed by atoms with Crippen LogP contribution >= 0.6 is 11.6 Å². The minimum absolute atomic E-state index is 0.378. The Bertz CT molecular complexity index is 1070. The molecule has 0 radical (unpaired) electrons. The summed E-state index contributed by atoms with van der Waals surface area (Å²) in [4.78, 5) is 7.00. The predicted octanol–water partition coefficient (Wildman–Crippen LogP) is 6.98. The van der Waals surface area contributed by atoms with E-state index in [0.29, 0.717) is 18.0 Å². The van der Waals surface area contributed by atoms with Gasteiger partial charge in [-0.25, -0.2) is 4.98 Å². The number of allylic oxidation sites excluding steroid dienone is 5. The van der Waals surface area contributed by atoms with Crippen LogP contribution in [0.25, 0.3) is 11.3 Å². The van der Waals surface area contributed by atoms with Gasteiger partial charge < -0.3 is 9.88 Å². The molecule has 35 heavy (non-hydrogen) atoms. The van der Waals surface area contributed by atoms with Crippen LogP contribution in [-0.4, -0.2) is 39.0 Å². The third-order valence-corrected chi connectivity index (χ3v) is 6.10. The van der Waals surface area contributed by atoms with Gasteiger partial charge in [0.25, 0.3) is 0 Å². The first kappa shape index (κ1) is 28.4. The van der Waals surface area contributed by atoms with Gasteiger partial charge in [-0.05, 0) is 56.0 Å². The van der Waals surface area contributed by atoms with E-state index in [-0.39, 0.29) is 0 Å². The van der Waals surface area contributed by atoms with Crippen LogP contribution in [0, 0.1) is 0 Å². The highest BCUT2D eigenvalue weighted by Gasteiger charge is 2.18. The summed E-state index contributed by atoms with van der Waals surface area (Å²) in [5.74, 6) is 1.46. The molecule has 0 aliphatic carbocycles. The molecule has 0 fully saturated rings. The lowest BCUT2D eigenvalue weighted by Gasteiger charge is -2.25. The third-order valence-electron chi connectivity index (χ3n) is 5.91. The Kier molecular flexibility index (Phi) is 11.8. The molecule has 0 bridgehead atoms. The molecule has 0 spiro atoms. The molecule has 1 aromatic heterocycles. The van der Waals surface area contributed by atoms with Crippen LogP contribution < -0.4 is 5.32 Å². The standard InChI is InChI=1S/C28H35ClN4.C2H6/c1-21(26-13-7-12-25(20-26)14-15-29)19-27(28-30-16-18-32(28)5)31-22(2)9-6-10-23(3)33-17-8-11-24(33)4;1-2/h6-13,16,18-20,23-24,31H,1,14-15,17H2,2-5H3;1-2H3/b10-6-,22-9+,27-19+;. The summed E-state index contributed by atoms with van der Waals surface area (Å²) in [7, 11) is 1.99. The SMILES string of the molecule is C=C(/C=C(/N/C(C)=C/C=C\C(C)N1CC=CC1C)c1nccn1C)c1cccc(CCCl)c1.CC. The molecule has 3 rings (SSSR count). The van der Waals surface area contributed by atoms with Gasteiger partial charge in [0.1, 0.15) is 0 Å². The molecule has 4 nitrogen and oxygen atoms in total. The smallest absolute Gasteiger partial charge is 0.156 e. The zero-order valence-electron chi connectivity index (χ0n) is 22.1. The summed E-state index contributed by atoms with van der Waals surface area (Å²) < 4.78 is 2.00.